The first-order valence-electron chi connectivity index (χ1n) is 17.3. The molecule has 1 aliphatic rings. The van der Waals surface area contributed by atoms with Crippen molar-refractivity contribution in [2.45, 2.75) is 58.8 Å². The molecule has 2 amide bonds. The van der Waals surface area contributed by atoms with Gasteiger partial charge in [0.25, 0.3) is 5.91 Å². The van der Waals surface area contributed by atoms with Crippen LogP contribution in [0.15, 0.2) is 91.0 Å². The van der Waals surface area contributed by atoms with E-state index in [1.54, 1.807) is 42.3 Å². The average Bonchev–Trinajstić information content (AvgIpc) is 3.21. The van der Waals surface area contributed by atoms with Gasteiger partial charge in [-0.05, 0) is 60.7 Å². The number of carbonyl (C=O) groups excluding carboxylic acids is 2. The highest BCUT2D eigenvalue weighted by Crippen LogP contribution is 2.45. The second-order valence-corrected chi connectivity index (χ2v) is 14.3. The minimum absolute atomic E-state index is 0.0214. The lowest BCUT2D eigenvalue weighted by molar-refractivity contribution is -0.138. The van der Waals surface area contributed by atoms with Gasteiger partial charge in [0.05, 0.1) is 13.5 Å². The van der Waals surface area contributed by atoms with Crippen molar-refractivity contribution in [3.05, 3.63) is 124 Å². The zero-order valence-corrected chi connectivity index (χ0v) is 30.5. The smallest absolute Gasteiger partial charge is 0.256 e. The van der Waals surface area contributed by atoms with Crippen molar-refractivity contribution in [3.63, 3.8) is 0 Å². The topological polar surface area (TPSA) is 89.1 Å². The number of ether oxygens (including phenoxy) is 3. The molecule has 0 aromatic heterocycles. The predicted octanol–water partition coefficient (Wildman–Crippen LogP) is 7.66. The molecule has 0 radical (unpaired) electrons. The van der Waals surface area contributed by atoms with Gasteiger partial charge in [0.1, 0.15) is 24.6 Å². The molecule has 1 aliphatic heterocycles. The molecular formula is C41H47ClFN3O5. The van der Waals surface area contributed by atoms with Crippen LogP contribution in [0.2, 0.25) is 5.02 Å². The van der Waals surface area contributed by atoms with Gasteiger partial charge in [0.2, 0.25) is 5.91 Å². The second kappa shape index (κ2) is 17.7. The number of para-hydroxylation sites is 1. The van der Waals surface area contributed by atoms with Crippen molar-refractivity contribution < 1.29 is 28.2 Å². The lowest BCUT2D eigenvalue weighted by Gasteiger charge is -2.31. The maximum Gasteiger partial charge on any atom is 0.256 e. The molecule has 8 nitrogen and oxygen atoms in total. The fourth-order valence-corrected chi connectivity index (χ4v) is 6.33. The standard InChI is InChI=1S/C41H47ClFN3O5/c1-41(2,3)27-46-34-20-19-30(42)24-32(34)38(51-36(40(46)48)25-37(47)45-26-29-15-8-9-17-33(29)43)31-16-10-18-35(39(31)49-4)50-23-22-44-21-11-14-28-12-6-5-7-13-28/h5-10,12-13,15-20,24,36,38,44H,11,14,21-23,25-27H2,1-4H3,(H,45,47). The highest BCUT2D eigenvalue weighted by Gasteiger charge is 2.40. The quantitative estimate of drug-likeness (QED) is 0.123. The Morgan fingerprint density at radius 1 is 0.961 bits per heavy atom. The van der Waals surface area contributed by atoms with Crippen molar-refractivity contribution in [3.8, 4) is 11.5 Å². The third-order valence-corrected chi connectivity index (χ3v) is 8.77. The summed E-state index contributed by atoms with van der Waals surface area (Å²) in [5.74, 6) is -0.250. The summed E-state index contributed by atoms with van der Waals surface area (Å²) in [5, 5.41) is 6.66. The summed E-state index contributed by atoms with van der Waals surface area (Å²) in [5.41, 5.74) is 3.28. The van der Waals surface area contributed by atoms with Crippen LogP contribution in [0.1, 0.15) is 62.0 Å². The van der Waals surface area contributed by atoms with Crippen LogP contribution in [0.3, 0.4) is 0 Å². The number of amides is 2. The van der Waals surface area contributed by atoms with E-state index in [9.17, 15) is 14.0 Å². The molecule has 0 saturated carbocycles. The maximum absolute atomic E-state index is 14.3. The van der Waals surface area contributed by atoms with Gasteiger partial charge in [-0.25, -0.2) is 4.39 Å². The largest absolute Gasteiger partial charge is 0.492 e. The molecule has 0 saturated heterocycles. The van der Waals surface area contributed by atoms with Crippen LogP contribution in [0, 0.1) is 11.2 Å². The monoisotopic (exact) mass is 715 g/mol. The van der Waals surface area contributed by atoms with E-state index >= 15 is 0 Å². The molecule has 5 rings (SSSR count). The van der Waals surface area contributed by atoms with E-state index in [4.69, 9.17) is 25.8 Å². The summed E-state index contributed by atoms with van der Waals surface area (Å²) in [6.45, 7) is 8.36. The van der Waals surface area contributed by atoms with Crippen LogP contribution in [-0.4, -0.2) is 51.3 Å². The van der Waals surface area contributed by atoms with Crippen LogP contribution in [-0.2, 0) is 27.3 Å². The fourth-order valence-electron chi connectivity index (χ4n) is 6.15. The number of fused-ring (bicyclic) bond motifs is 1. The number of hydrogen-bond acceptors (Lipinski definition) is 6. The number of aryl methyl sites for hydroxylation is 1. The highest BCUT2D eigenvalue weighted by molar-refractivity contribution is 6.30. The van der Waals surface area contributed by atoms with Crippen molar-refractivity contribution in [2.75, 3.05) is 38.3 Å². The fraction of sp³-hybridized carbons (Fsp3) is 0.366. The summed E-state index contributed by atoms with van der Waals surface area (Å²) in [4.78, 5) is 29.3. The molecule has 4 aromatic carbocycles. The first kappa shape index (κ1) is 37.8. The Hall–Kier alpha value is -4.44. The van der Waals surface area contributed by atoms with Crippen molar-refractivity contribution in [1.82, 2.24) is 10.6 Å². The van der Waals surface area contributed by atoms with Gasteiger partial charge in [-0.15, -0.1) is 0 Å². The molecule has 2 atom stereocenters. The van der Waals surface area contributed by atoms with Gasteiger partial charge in [0, 0.05) is 47.0 Å². The van der Waals surface area contributed by atoms with Crippen molar-refractivity contribution in [1.29, 1.82) is 0 Å². The highest BCUT2D eigenvalue weighted by atomic mass is 35.5. The summed E-state index contributed by atoms with van der Waals surface area (Å²) < 4.78 is 33.1. The normalized spacial score (nSPS) is 16.0. The van der Waals surface area contributed by atoms with Gasteiger partial charge >= 0.3 is 0 Å². The average molecular weight is 716 g/mol. The number of carbonyl (C=O) groups is 2. The molecule has 0 aliphatic carbocycles. The van der Waals surface area contributed by atoms with Crippen molar-refractivity contribution in [2.24, 2.45) is 5.41 Å². The van der Waals surface area contributed by atoms with E-state index in [-0.39, 0.29) is 24.3 Å². The number of nitrogens with zero attached hydrogens (tertiary/aromatic N) is 1. The zero-order chi connectivity index (χ0) is 36.4. The molecule has 0 fully saturated rings. The number of benzene rings is 4. The Bertz CT molecular complexity index is 1780. The SMILES string of the molecule is COc1c(OCCNCCCc2ccccc2)cccc1C1OC(CC(=O)NCc2ccccc2F)C(=O)N(CC(C)(C)C)c2ccc(Cl)cc21. The Kier molecular flexibility index (Phi) is 13.1. The van der Waals surface area contributed by atoms with E-state index in [0.29, 0.717) is 58.6 Å². The van der Waals surface area contributed by atoms with Crippen LogP contribution >= 0.6 is 11.6 Å². The van der Waals surface area contributed by atoms with Gasteiger partial charge in [0.15, 0.2) is 11.5 Å². The molecule has 0 spiro atoms. The van der Waals surface area contributed by atoms with E-state index in [1.165, 1.54) is 11.6 Å². The summed E-state index contributed by atoms with van der Waals surface area (Å²) in [7, 11) is 1.56. The number of methoxy groups -OCH3 is 1. The molecule has 270 valence electrons. The minimum atomic E-state index is -1.17. The Morgan fingerprint density at radius 3 is 2.47 bits per heavy atom. The van der Waals surface area contributed by atoms with E-state index in [0.717, 1.165) is 19.4 Å². The maximum atomic E-state index is 14.3. The number of rotatable bonds is 15. The molecule has 4 aromatic rings. The molecule has 2 unspecified atom stereocenters. The van der Waals surface area contributed by atoms with E-state index < -0.39 is 23.9 Å². The number of nitrogens with one attached hydrogen (secondary N) is 2. The molecule has 51 heavy (non-hydrogen) atoms. The van der Waals surface area contributed by atoms with Gasteiger partial charge in [-0.2, -0.15) is 0 Å². The van der Waals surface area contributed by atoms with E-state index in [1.807, 2.05) is 51.1 Å². The van der Waals surface area contributed by atoms with Crippen LogP contribution in [0.5, 0.6) is 11.5 Å². The summed E-state index contributed by atoms with van der Waals surface area (Å²) >= 11 is 6.58. The molecule has 2 N–H and O–H groups in total. The summed E-state index contributed by atoms with van der Waals surface area (Å²) in [6, 6.07) is 27.5. The predicted molar refractivity (Wildman–Crippen MR) is 199 cm³/mol. The Morgan fingerprint density at radius 2 is 1.73 bits per heavy atom. The second-order valence-electron chi connectivity index (χ2n) is 13.8. The van der Waals surface area contributed by atoms with Crippen LogP contribution in [0.4, 0.5) is 10.1 Å². The van der Waals surface area contributed by atoms with Gasteiger partial charge in [-0.3, -0.25) is 9.59 Å². The minimum Gasteiger partial charge on any atom is -0.492 e. The Labute approximate surface area is 305 Å². The molecular weight excluding hydrogens is 669 g/mol. The Balaban J connectivity index is 1.38. The summed E-state index contributed by atoms with van der Waals surface area (Å²) in [6.07, 6.45) is -0.274. The van der Waals surface area contributed by atoms with Gasteiger partial charge < -0.3 is 29.7 Å². The number of anilines is 1. The van der Waals surface area contributed by atoms with Crippen molar-refractivity contribution >= 4 is 29.1 Å². The lowest BCUT2D eigenvalue weighted by atomic mass is 9.94. The third-order valence-electron chi connectivity index (χ3n) is 8.54. The third kappa shape index (κ3) is 10.3. The van der Waals surface area contributed by atoms with Crippen LogP contribution in [0.25, 0.3) is 0 Å². The molecule has 1 heterocycles. The molecule has 10 heteroatoms. The number of hydrogen-bond donors (Lipinski definition) is 2. The number of halogens is 2. The van der Waals surface area contributed by atoms with Crippen LogP contribution < -0.4 is 25.0 Å². The zero-order valence-electron chi connectivity index (χ0n) is 29.7. The first-order valence-corrected chi connectivity index (χ1v) is 17.7. The van der Waals surface area contributed by atoms with Gasteiger partial charge in [-0.1, -0.05) is 93.0 Å². The first-order chi connectivity index (χ1) is 24.5. The lowest BCUT2D eigenvalue weighted by Crippen LogP contribution is -2.45. The molecule has 0 bridgehead atoms. The van der Waals surface area contributed by atoms with E-state index in [2.05, 4.69) is 34.9 Å².